The number of nitrogens with one attached hydrogen (secondary N) is 2. The summed E-state index contributed by atoms with van der Waals surface area (Å²) < 4.78 is 0. The Kier molecular flexibility index (Phi) is 2.74. The van der Waals surface area contributed by atoms with Crippen molar-refractivity contribution in [3.8, 4) is 0 Å². The summed E-state index contributed by atoms with van der Waals surface area (Å²) in [5.74, 6) is 1.52. The minimum Gasteiger partial charge on any atom is -0.372 e. The second-order valence-electron chi connectivity index (χ2n) is 2.34. The van der Waals surface area contributed by atoms with Crippen LogP contribution in [0.15, 0.2) is 6.20 Å². The molecule has 0 aromatic carbocycles. The first-order valence-electron chi connectivity index (χ1n) is 3.86. The van der Waals surface area contributed by atoms with E-state index in [9.17, 15) is 0 Å². The highest BCUT2D eigenvalue weighted by atomic mass is 15.0. The van der Waals surface area contributed by atoms with Gasteiger partial charge in [0, 0.05) is 25.9 Å². The van der Waals surface area contributed by atoms with Crippen molar-refractivity contribution in [2.75, 3.05) is 12.4 Å². The van der Waals surface area contributed by atoms with E-state index in [-0.39, 0.29) is 0 Å². The molecule has 4 heteroatoms. The quantitative estimate of drug-likeness (QED) is 0.657. The van der Waals surface area contributed by atoms with Gasteiger partial charge in [0.1, 0.15) is 11.6 Å². The van der Waals surface area contributed by atoms with Crippen molar-refractivity contribution in [2.24, 2.45) is 0 Å². The van der Waals surface area contributed by atoms with E-state index in [2.05, 4.69) is 15.3 Å². The molecule has 0 unspecified atom stereocenters. The van der Waals surface area contributed by atoms with E-state index >= 15 is 0 Å². The monoisotopic (exact) mass is 164 g/mol. The molecular formula is C8H12N4. The van der Waals surface area contributed by atoms with Gasteiger partial charge in [0.2, 0.25) is 0 Å². The zero-order valence-electron chi connectivity index (χ0n) is 7.26. The van der Waals surface area contributed by atoms with Crippen molar-refractivity contribution < 1.29 is 0 Å². The van der Waals surface area contributed by atoms with Crippen molar-refractivity contribution in [1.82, 2.24) is 9.97 Å². The maximum atomic E-state index is 7.07. The Bertz CT molecular complexity index is 282. The number of aryl methyl sites for hydroxylation is 1. The Morgan fingerprint density at radius 1 is 1.67 bits per heavy atom. The average molecular weight is 164 g/mol. The Morgan fingerprint density at radius 2 is 2.42 bits per heavy atom. The number of hydrogen-bond donors (Lipinski definition) is 2. The van der Waals surface area contributed by atoms with Gasteiger partial charge in [-0.2, -0.15) is 0 Å². The van der Waals surface area contributed by atoms with Crippen LogP contribution in [0.2, 0.25) is 0 Å². The summed E-state index contributed by atoms with van der Waals surface area (Å²) in [5, 5.41) is 9.99. The average Bonchev–Trinajstić information content (AvgIpc) is 2.16. The summed E-state index contributed by atoms with van der Waals surface area (Å²) in [6.07, 6.45) is 3.71. The first-order valence-corrected chi connectivity index (χ1v) is 3.86. The van der Waals surface area contributed by atoms with E-state index in [0.29, 0.717) is 0 Å². The molecule has 0 saturated heterocycles. The molecule has 0 saturated carbocycles. The van der Waals surface area contributed by atoms with Crippen LogP contribution in [0.25, 0.3) is 0 Å². The fourth-order valence-electron chi connectivity index (χ4n) is 0.904. The van der Waals surface area contributed by atoms with Gasteiger partial charge in [-0.25, -0.2) is 9.97 Å². The topological polar surface area (TPSA) is 61.7 Å². The summed E-state index contributed by atoms with van der Waals surface area (Å²) in [6, 6.07) is 0. The maximum Gasteiger partial charge on any atom is 0.138 e. The summed E-state index contributed by atoms with van der Waals surface area (Å²) >= 11 is 0. The zero-order chi connectivity index (χ0) is 8.97. The summed E-state index contributed by atoms with van der Waals surface area (Å²) in [7, 11) is 1.79. The largest absolute Gasteiger partial charge is 0.372 e. The lowest BCUT2D eigenvalue weighted by molar-refractivity contribution is 0.939. The molecule has 1 heterocycles. The van der Waals surface area contributed by atoms with Gasteiger partial charge in [-0.05, 0) is 0 Å². The van der Waals surface area contributed by atoms with Crippen LogP contribution in [-0.2, 0) is 6.42 Å². The van der Waals surface area contributed by atoms with Crippen molar-refractivity contribution in [2.45, 2.75) is 13.3 Å². The molecule has 1 aromatic rings. The van der Waals surface area contributed by atoms with Crippen LogP contribution in [0.1, 0.15) is 18.3 Å². The van der Waals surface area contributed by atoms with Gasteiger partial charge in [0.25, 0.3) is 0 Å². The molecule has 0 aliphatic carbocycles. The predicted molar refractivity (Wildman–Crippen MR) is 48.8 cm³/mol. The SMILES string of the molecule is CCc1ncc(C=N)c(NC)n1. The third kappa shape index (κ3) is 1.58. The molecule has 0 spiro atoms. The lowest BCUT2D eigenvalue weighted by Crippen LogP contribution is -2.02. The molecule has 0 aliphatic rings. The molecule has 64 valence electrons. The van der Waals surface area contributed by atoms with Crippen LogP contribution in [0.5, 0.6) is 0 Å². The Morgan fingerprint density at radius 3 is 2.92 bits per heavy atom. The minimum atomic E-state index is 0.717. The number of hydrogen-bond acceptors (Lipinski definition) is 4. The van der Waals surface area contributed by atoms with Crippen molar-refractivity contribution >= 4 is 12.0 Å². The van der Waals surface area contributed by atoms with Crippen LogP contribution < -0.4 is 5.32 Å². The third-order valence-electron chi connectivity index (χ3n) is 1.58. The molecule has 0 amide bonds. The Labute approximate surface area is 71.6 Å². The number of anilines is 1. The van der Waals surface area contributed by atoms with Crippen LogP contribution >= 0.6 is 0 Å². The third-order valence-corrected chi connectivity index (χ3v) is 1.58. The van der Waals surface area contributed by atoms with Crippen LogP contribution in [0, 0.1) is 5.41 Å². The fraction of sp³-hybridized carbons (Fsp3) is 0.375. The predicted octanol–water partition coefficient (Wildman–Crippen LogP) is 1.08. The molecule has 0 aliphatic heterocycles. The molecule has 1 rings (SSSR count). The van der Waals surface area contributed by atoms with Gasteiger partial charge in [-0.1, -0.05) is 6.92 Å². The summed E-state index contributed by atoms with van der Waals surface area (Å²) in [5.41, 5.74) is 0.717. The fourth-order valence-corrected chi connectivity index (χ4v) is 0.904. The van der Waals surface area contributed by atoms with Crippen molar-refractivity contribution in [1.29, 1.82) is 5.41 Å². The molecule has 1 aromatic heterocycles. The Hall–Kier alpha value is -1.45. The molecule has 0 fully saturated rings. The standard InChI is InChI=1S/C8H12N4/c1-3-7-11-5-6(4-9)8(10-2)12-7/h4-5,9H,3H2,1-2H3,(H,10,11,12). The molecular weight excluding hydrogens is 152 g/mol. The van der Waals surface area contributed by atoms with Gasteiger partial charge in [0.05, 0.1) is 5.56 Å². The minimum absolute atomic E-state index is 0.717. The lowest BCUT2D eigenvalue weighted by atomic mass is 10.3. The van der Waals surface area contributed by atoms with E-state index in [1.807, 2.05) is 6.92 Å². The van der Waals surface area contributed by atoms with Gasteiger partial charge in [-0.3, -0.25) is 0 Å². The maximum absolute atomic E-state index is 7.07. The number of rotatable bonds is 3. The molecule has 0 bridgehead atoms. The summed E-state index contributed by atoms with van der Waals surface area (Å²) in [6.45, 7) is 2.00. The zero-order valence-corrected chi connectivity index (χ0v) is 7.26. The highest BCUT2D eigenvalue weighted by Gasteiger charge is 2.01. The summed E-state index contributed by atoms with van der Waals surface area (Å²) in [4.78, 5) is 8.28. The van der Waals surface area contributed by atoms with Crippen LogP contribution in [0.4, 0.5) is 5.82 Å². The van der Waals surface area contributed by atoms with Crippen LogP contribution in [-0.4, -0.2) is 23.2 Å². The second-order valence-corrected chi connectivity index (χ2v) is 2.34. The molecule has 2 N–H and O–H groups in total. The first-order chi connectivity index (χ1) is 5.81. The molecule has 0 radical (unpaired) electrons. The lowest BCUT2D eigenvalue weighted by Gasteiger charge is -2.03. The first kappa shape index (κ1) is 8.64. The van der Waals surface area contributed by atoms with E-state index in [1.54, 1.807) is 13.2 Å². The van der Waals surface area contributed by atoms with E-state index in [0.717, 1.165) is 23.6 Å². The second kappa shape index (κ2) is 3.80. The van der Waals surface area contributed by atoms with Gasteiger partial charge >= 0.3 is 0 Å². The van der Waals surface area contributed by atoms with E-state index < -0.39 is 0 Å². The van der Waals surface area contributed by atoms with Crippen molar-refractivity contribution in [3.63, 3.8) is 0 Å². The smallest absolute Gasteiger partial charge is 0.138 e. The van der Waals surface area contributed by atoms with Crippen molar-refractivity contribution in [3.05, 3.63) is 17.6 Å². The van der Waals surface area contributed by atoms with Crippen LogP contribution in [0.3, 0.4) is 0 Å². The highest BCUT2D eigenvalue weighted by molar-refractivity contribution is 5.83. The van der Waals surface area contributed by atoms with E-state index in [4.69, 9.17) is 5.41 Å². The Balaban J connectivity index is 3.10. The van der Waals surface area contributed by atoms with E-state index in [1.165, 1.54) is 6.21 Å². The molecule has 4 nitrogen and oxygen atoms in total. The van der Waals surface area contributed by atoms with Gasteiger partial charge in [0.15, 0.2) is 0 Å². The number of aromatic nitrogens is 2. The number of nitrogens with zero attached hydrogens (tertiary/aromatic N) is 2. The molecule has 12 heavy (non-hydrogen) atoms. The van der Waals surface area contributed by atoms with Gasteiger partial charge < -0.3 is 10.7 Å². The van der Waals surface area contributed by atoms with Gasteiger partial charge in [-0.15, -0.1) is 0 Å². The normalized spacial score (nSPS) is 9.50. The highest BCUT2D eigenvalue weighted by Crippen LogP contribution is 2.07. The molecule has 0 atom stereocenters.